The molecule has 0 saturated heterocycles. The van der Waals surface area contributed by atoms with Gasteiger partial charge in [0, 0.05) is 22.8 Å². The maximum Gasteiger partial charge on any atom is 0.432 e. The van der Waals surface area contributed by atoms with Crippen LogP contribution in [0.3, 0.4) is 0 Å². The Labute approximate surface area is 217 Å². The standard InChI is InChI=1S/C30H35F3N2O2/c1-3-5-7-9-16-36-26-19-24(20-27(21-26)37-17-10-8-6-4-2)15-14-23-12-11-13-25(18-23)28-22-29(35-34-28)30(31,32)33/h11-13,18-22H,3-10,16-17H2,1-2H3,(H,34,35). The van der Waals surface area contributed by atoms with E-state index in [2.05, 4.69) is 35.9 Å². The third kappa shape index (κ3) is 9.53. The van der Waals surface area contributed by atoms with E-state index in [1.165, 1.54) is 25.7 Å². The Morgan fingerprint density at radius 2 is 1.38 bits per heavy atom. The van der Waals surface area contributed by atoms with Crippen LogP contribution >= 0.6 is 0 Å². The Bertz CT molecular complexity index is 1140. The smallest absolute Gasteiger partial charge is 0.432 e. The SMILES string of the molecule is CCCCCCOc1cc(C#Cc2cccc(-c3cc(C(F)(F)F)[nH]n3)c2)cc(OCCCCCC)c1. The minimum Gasteiger partial charge on any atom is -0.493 e. The van der Waals surface area contributed by atoms with Crippen LogP contribution in [0, 0.1) is 11.8 Å². The molecule has 0 unspecified atom stereocenters. The second kappa shape index (κ2) is 14.4. The van der Waals surface area contributed by atoms with E-state index in [1.807, 2.05) is 24.3 Å². The number of rotatable bonds is 13. The van der Waals surface area contributed by atoms with Gasteiger partial charge in [0.25, 0.3) is 0 Å². The fourth-order valence-corrected chi connectivity index (χ4v) is 3.76. The lowest BCUT2D eigenvalue weighted by molar-refractivity contribution is -0.141. The highest BCUT2D eigenvalue weighted by atomic mass is 19.4. The number of alkyl halides is 3. The van der Waals surface area contributed by atoms with E-state index in [9.17, 15) is 13.2 Å². The molecule has 1 N–H and O–H groups in total. The summed E-state index contributed by atoms with van der Waals surface area (Å²) in [5, 5.41) is 5.85. The fourth-order valence-electron chi connectivity index (χ4n) is 3.76. The molecule has 0 aliphatic heterocycles. The molecule has 0 atom stereocenters. The van der Waals surface area contributed by atoms with Crippen molar-refractivity contribution in [2.45, 2.75) is 71.4 Å². The number of aromatic amines is 1. The normalized spacial score (nSPS) is 11.2. The van der Waals surface area contributed by atoms with E-state index >= 15 is 0 Å². The predicted octanol–water partition coefficient (Wildman–Crippen LogP) is 8.41. The minimum absolute atomic E-state index is 0.216. The number of nitrogens with zero attached hydrogens (tertiary/aromatic N) is 1. The van der Waals surface area contributed by atoms with Gasteiger partial charge in [-0.05, 0) is 43.2 Å². The van der Waals surface area contributed by atoms with Gasteiger partial charge in [0.2, 0.25) is 0 Å². The molecule has 0 saturated carbocycles. The molecule has 1 heterocycles. The number of unbranched alkanes of at least 4 members (excludes halogenated alkanes) is 6. The lowest BCUT2D eigenvalue weighted by Crippen LogP contribution is -2.04. The molecule has 0 radical (unpaired) electrons. The predicted molar refractivity (Wildman–Crippen MR) is 141 cm³/mol. The van der Waals surface area contributed by atoms with Crippen molar-refractivity contribution in [1.29, 1.82) is 0 Å². The number of halogens is 3. The molecule has 0 aliphatic rings. The first-order valence-corrected chi connectivity index (χ1v) is 13.0. The van der Waals surface area contributed by atoms with Crippen LogP contribution in [0.5, 0.6) is 11.5 Å². The molecule has 0 amide bonds. The molecule has 0 bridgehead atoms. The summed E-state index contributed by atoms with van der Waals surface area (Å²) in [6.45, 7) is 5.63. The number of hydrogen-bond acceptors (Lipinski definition) is 3. The molecule has 0 aliphatic carbocycles. The second-order valence-electron chi connectivity index (χ2n) is 9.01. The Balaban J connectivity index is 1.76. The maximum absolute atomic E-state index is 12.9. The van der Waals surface area contributed by atoms with Crippen LogP contribution in [0.2, 0.25) is 0 Å². The van der Waals surface area contributed by atoms with Crippen molar-refractivity contribution in [3.05, 3.63) is 65.4 Å². The molecule has 37 heavy (non-hydrogen) atoms. The number of ether oxygens (including phenoxy) is 2. The number of aromatic nitrogens is 2. The van der Waals surface area contributed by atoms with Crippen molar-refractivity contribution < 1.29 is 22.6 Å². The highest BCUT2D eigenvalue weighted by Gasteiger charge is 2.33. The van der Waals surface area contributed by atoms with Crippen LogP contribution in [0.1, 0.15) is 82.0 Å². The van der Waals surface area contributed by atoms with Crippen LogP contribution in [0.15, 0.2) is 48.5 Å². The summed E-state index contributed by atoms with van der Waals surface area (Å²) in [4.78, 5) is 0. The van der Waals surface area contributed by atoms with Crippen molar-refractivity contribution in [3.63, 3.8) is 0 Å². The van der Waals surface area contributed by atoms with Crippen LogP contribution in [-0.2, 0) is 6.18 Å². The Hall–Kier alpha value is -3.40. The molecular formula is C30H35F3N2O2. The highest BCUT2D eigenvalue weighted by Crippen LogP contribution is 2.30. The molecule has 0 fully saturated rings. The van der Waals surface area contributed by atoms with Crippen molar-refractivity contribution in [2.24, 2.45) is 0 Å². The summed E-state index contributed by atoms with van der Waals surface area (Å²) in [6, 6.07) is 13.7. The van der Waals surface area contributed by atoms with Gasteiger partial charge in [-0.25, -0.2) is 0 Å². The molecule has 7 heteroatoms. The van der Waals surface area contributed by atoms with E-state index in [1.54, 1.807) is 18.2 Å². The first-order valence-electron chi connectivity index (χ1n) is 13.0. The fraction of sp³-hybridized carbons (Fsp3) is 0.433. The lowest BCUT2D eigenvalue weighted by atomic mass is 10.1. The van der Waals surface area contributed by atoms with Gasteiger partial charge in [0.15, 0.2) is 0 Å². The number of hydrogen-bond donors (Lipinski definition) is 1. The molecule has 198 valence electrons. The molecule has 2 aromatic carbocycles. The Kier molecular flexibility index (Phi) is 10.9. The summed E-state index contributed by atoms with van der Waals surface area (Å²) < 4.78 is 50.7. The van der Waals surface area contributed by atoms with Gasteiger partial charge in [-0.2, -0.15) is 18.3 Å². The van der Waals surface area contributed by atoms with Crippen LogP contribution in [-0.4, -0.2) is 23.4 Å². The second-order valence-corrected chi connectivity index (χ2v) is 9.01. The number of benzene rings is 2. The summed E-state index contributed by atoms with van der Waals surface area (Å²) >= 11 is 0. The zero-order chi connectivity index (χ0) is 26.5. The third-order valence-electron chi connectivity index (χ3n) is 5.81. The van der Waals surface area contributed by atoms with Crippen LogP contribution in [0.25, 0.3) is 11.3 Å². The van der Waals surface area contributed by atoms with Gasteiger partial charge in [-0.3, -0.25) is 5.10 Å². The first-order chi connectivity index (χ1) is 17.9. The van der Waals surface area contributed by atoms with Crippen LogP contribution in [0.4, 0.5) is 13.2 Å². The van der Waals surface area contributed by atoms with Gasteiger partial charge >= 0.3 is 6.18 Å². The average molecular weight is 513 g/mol. The molecule has 1 aromatic heterocycles. The van der Waals surface area contributed by atoms with Crippen molar-refractivity contribution in [3.8, 4) is 34.6 Å². The lowest BCUT2D eigenvalue weighted by Gasteiger charge is -2.11. The topological polar surface area (TPSA) is 47.1 Å². The summed E-state index contributed by atoms with van der Waals surface area (Å²) in [5.74, 6) is 7.70. The summed E-state index contributed by atoms with van der Waals surface area (Å²) in [7, 11) is 0. The summed E-state index contributed by atoms with van der Waals surface area (Å²) in [6.07, 6.45) is 4.51. The number of nitrogens with one attached hydrogen (secondary N) is 1. The number of H-pyrrole nitrogens is 1. The largest absolute Gasteiger partial charge is 0.493 e. The van der Waals surface area contributed by atoms with E-state index in [4.69, 9.17) is 9.47 Å². The van der Waals surface area contributed by atoms with Crippen molar-refractivity contribution in [2.75, 3.05) is 13.2 Å². The zero-order valence-electron chi connectivity index (χ0n) is 21.6. The molecular weight excluding hydrogens is 477 g/mol. The van der Waals surface area contributed by atoms with E-state index in [-0.39, 0.29) is 5.69 Å². The van der Waals surface area contributed by atoms with Gasteiger partial charge < -0.3 is 9.47 Å². The quantitative estimate of drug-likeness (QED) is 0.185. The first kappa shape index (κ1) is 28.2. The minimum atomic E-state index is -4.47. The molecule has 0 spiro atoms. The van der Waals surface area contributed by atoms with Crippen LogP contribution < -0.4 is 9.47 Å². The van der Waals surface area contributed by atoms with Crippen molar-refractivity contribution in [1.82, 2.24) is 10.2 Å². The van der Waals surface area contributed by atoms with Gasteiger partial charge in [0.05, 0.1) is 18.9 Å². The third-order valence-corrected chi connectivity index (χ3v) is 5.81. The Morgan fingerprint density at radius 1 is 0.757 bits per heavy atom. The van der Waals surface area contributed by atoms with Gasteiger partial charge in [0.1, 0.15) is 17.2 Å². The molecule has 3 rings (SSSR count). The van der Waals surface area contributed by atoms with E-state index < -0.39 is 11.9 Å². The van der Waals surface area contributed by atoms with Gasteiger partial charge in [-0.15, -0.1) is 0 Å². The Morgan fingerprint density at radius 3 is 1.95 bits per heavy atom. The maximum atomic E-state index is 12.9. The van der Waals surface area contributed by atoms with E-state index in [0.29, 0.717) is 24.3 Å². The van der Waals surface area contributed by atoms with E-state index in [0.717, 1.165) is 48.8 Å². The monoisotopic (exact) mass is 512 g/mol. The average Bonchev–Trinajstić information content (AvgIpc) is 3.39. The highest BCUT2D eigenvalue weighted by molar-refractivity contribution is 5.62. The molecule has 3 aromatic rings. The summed E-state index contributed by atoms with van der Waals surface area (Å²) in [5.41, 5.74) is 1.31. The van der Waals surface area contributed by atoms with Gasteiger partial charge in [-0.1, -0.05) is 76.3 Å². The molecule has 4 nitrogen and oxygen atoms in total. The van der Waals surface area contributed by atoms with Crippen molar-refractivity contribution >= 4 is 0 Å². The zero-order valence-corrected chi connectivity index (χ0v) is 21.6.